The topological polar surface area (TPSA) is 99.4 Å². The summed E-state index contributed by atoms with van der Waals surface area (Å²) in [5, 5.41) is 2.71. The number of aromatic nitrogens is 2. The zero-order chi connectivity index (χ0) is 20.7. The normalized spacial score (nSPS) is 12.0. The molecular formula is C20H23N3O5. The van der Waals surface area contributed by atoms with Crippen LogP contribution in [0.1, 0.15) is 18.1 Å². The van der Waals surface area contributed by atoms with Crippen molar-refractivity contribution < 1.29 is 14.3 Å². The summed E-state index contributed by atoms with van der Waals surface area (Å²) in [6.07, 6.45) is 3.33. The number of nitrogens with one attached hydrogen (secondary N) is 1. The molecule has 1 unspecified atom stereocenters. The molecule has 0 bridgehead atoms. The fourth-order valence-electron chi connectivity index (χ4n) is 2.49. The second-order valence-corrected chi connectivity index (χ2v) is 6.28. The highest BCUT2D eigenvalue weighted by Crippen LogP contribution is 2.00. The Bertz CT molecular complexity index is 989. The molecule has 8 heteroatoms. The van der Waals surface area contributed by atoms with Gasteiger partial charge in [-0.25, -0.2) is 9.59 Å². The van der Waals surface area contributed by atoms with Crippen LogP contribution in [-0.4, -0.2) is 33.7 Å². The molecular weight excluding hydrogens is 362 g/mol. The first-order chi connectivity index (χ1) is 13.3. The third-order valence-corrected chi connectivity index (χ3v) is 4.09. The molecule has 0 spiro atoms. The highest BCUT2D eigenvalue weighted by atomic mass is 16.5. The Morgan fingerprint density at radius 1 is 1.18 bits per heavy atom. The van der Waals surface area contributed by atoms with Crippen molar-refractivity contribution in [2.24, 2.45) is 14.1 Å². The molecule has 148 valence electrons. The van der Waals surface area contributed by atoms with Gasteiger partial charge in [0, 0.05) is 32.9 Å². The van der Waals surface area contributed by atoms with Gasteiger partial charge in [0.25, 0.3) is 11.5 Å². The summed E-state index contributed by atoms with van der Waals surface area (Å²) in [4.78, 5) is 47.6. The maximum atomic E-state index is 12.0. The van der Waals surface area contributed by atoms with Crippen LogP contribution < -0.4 is 16.6 Å². The monoisotopic (exact) mass is 385 g/mol. The molecule has 1 N–H and O–H groups in total. The van der Waals surface area contributed by atoms with Crippen molar-refractivity contribution in [1.29, 1.82) is 0 Å². The van der Waals surface area contributed by atoms with Crippen LogP contribution in [0.4, 0.5) is 0 Å². The van der Waals surface area contributed by atoms with Crippen LogP contribution in [0.5, 0.6) is 0 Å². The van der Waals surface area contributed by atoms with Gasteiger partial charge in [0.2, 0.25) is 0 Å². The van der Waals surface area contributed by atoms with E-state index in [-0.39, 0.29) is 5.56 Å². The summed E-state index contributed by atoms with van der Waals surface area (Å²) in [6, 6.07) is 9.69. The van der Waals surface area contributed by atoms with E-state index < -0.39 is 29.2 Å². The van der Waals surface area contributed by atoms with Crippen LogP contribution in [0.25, 0.3) is 6.08 Å². The maximum absolute atomic E-state index is 12.0. The van der Waals surface area contributed by atoms with Crippen molar-refractivity contribution in [1.82, 2.24) is 14.5 Å². The summed E-state index contributed by atoms with van der Waals surface area (Å²) in [5.74, 6) is -1.17. The molecule has 0 aliphatic rings. The van der Waals surface area contributed by atoms with Gasteiger partial charge in [-0.3, -0.25) is 14.2 Å². The molecule has 0 aliphatic carbocycles. The largest absolute Gasteiger partial charge is 0.449 e. The van der Waals surface area contributed by atoms with Crippen molar-refractivity contribution in [3.8, 4) is 0 Å². The summed E-state index contributed by atoms with van der Waals surface area (Å²) < 4.78 is 7.22. The lowest BCUT2D eigenvalue weighted by molar-refractivity contribution is -0.150. The Hall–Kier alpha value is -3.42. The van der Waals surface area contributed by atoms with Crippen LogP contribution in [-0.2, 0) is 34.8 Å². The average Bonchev–Trinajstić information content (AvgIpc) is 2.68. The highest BCUT2D eigenvalue weighted by Gasteiger charge is 2.16. The average molecular weight is 385 g/mol. The molecule has 0 fully saturated rings. The van der Waals surface area contributed by atoms with E-state index in [1.54, 1.807) is 0 Å². The number of benzene rings is 1. The standard InChI is InChI=1S/C20H23N3O5/c1-14(18(25)21-12-11-15-7-5-4-6-8-15)28-17(24)10-9-16-13-22(2)20(27)23(3)19(16)26/h4-10,13-14H,11-12H2,1-3H3,(H,21,25)/b10-9+. The van der Waals surface area contributed by atoms with Gasteiger partial charge < -0.3 is 14.6 Å². The minimum absolute atomic E-state index is 0.154. The number of hydrogen-bond donors (Lipinski definition) is 1. The molecule has 0 saturated heterocycles. The second-order valence-electron chi connectivity index (χ2n) is 6.28. The number of carbonyl (C=O) groups excluding carboxylic acids is 2. The third-order valence-electron chi connectivity index (χ3n) is 4.09. The number of amides is 1. The van der Waals surface area contributed by atoms with Gasteiger partial charge in [-0.2, -0.15) is 0 Å². The van der Waals surface area contributed by atoms with E-state index in [0.29, 0.717) is 13.0 Å². The van der Waals surface area contributed by atoms with Crippen molar-refractivity contribution in [3.63, 3.8) is 0 Å². The quantitative estimate of drug-likeness (QED) is 0.549. The predicted octanol–water partition coefficient (Wildman–Crippen LogP) is 0.388. The van der Waals surface area contributed by atoms with E-state index in [1.165, 1.54) is 37.9 Å². The Morgan fingerprint density at radius 3 is 2.54 bits per heavy atom. The van der Waals surface area contributed by atoms with Gasteiger partial charge in [-0.1, -0.05) is 30.3 Å². The Balaban J connectivity index is 1.88. The predicted molar refractivity (Wildman–Crippen MR) is 105 cm³/mol. The van der Waals surface area contributed by atoms with Gasteiger partial charge in [0.05, 0.1) is 5.56 Å². The highest BCUT2D eigenvalue weighted by molar-refractivity contribution is 5.90. The second kappa shape index (κ2) is 9.50. The Morgan fingerprint density at radius 2 is 1.86 bits per heavy atom. The molecule has 1 amide bonds. The zero-order valence-electron chi connectivity index (χ0n) is 16.0. The summed E-state index contributed by atoms with van der Waals surface area (Å²) in [5.41, 5.74) is 0.250. The van der Waals surface area contributed by atoms with E-state index in [0.717, 1.165) is 16.2 Å². The number of rotatable bonds is 7. The van der Waals surface area contributed by atoms with Gasteiger partial charge >= 0.3 is 11.7 Å². The number of carbonyl (C=O) groups is 2. The molecule has 8 nitrogen and oxygen atoms in total. The number of aryl methyl sites for hydroxylation is 1. The van der Waals surface area contributed by atoms with E-state index >= 15 is 0 Å². The summed E-state index contributed by atoms with van der Waals surface area (Å²) in [7, 11) is 2.85. The van der Waals surface area contributed by atoms with Crippen LogP contribution >= 0.6 is 0 Å². The third kappa shape index (κ3) is 5.54. The molecule has 2 aromatic rings. The van der Waals surface area contributed by atoms with E-state index in [9.17, 15) is 19.2 Å². The smallest absolute Gasteiger partial charge is 0.331 e. The van der Waals surface area contributed by atoms with Gasteiger partial charge in [-0.05, 0) is 25.0 Å². The van der Waals surface area contributed by atoms with Crippen molar-refractivity contribution in [2.45, 2.75) is 19.4 Å². The number of hydrogen-bond acceptors (Lipinski definition) is 5. The van der Waals surface area contributed by atoms with E-state index in [2.05, 4.69) is 5.32 Å². The lowest BCUT2D eigenvalue weighted by Gasteiger charge is -2.12. The summed E-state index contributed by atoms with van der Waals surface area (Å²) >= 11 is 0. The van der Waals surface area contributed by atoms with Gasteiger partial charge in [0.1, 0.15) is 0 Å². The van der Waals surface area contributed by atoms with Crippen LogP contribution in [0.15, 0.2) is 52.2 Å². The number of nitrogens with zero attached hydrogens (tertiary/aromatic N) is 2. The number of esters is 1. The van der Waals surface area contributed by atoms with E-state index in [4.69, 9.17) is 4.74 Å². The Kier molecular flexibility index (Phi) is 7.08. The molecule has 0 saturated carbocycles. The van der Waals surface area contributed by atoms with Crippen LogP contribution in [0, 0.1) is 0 Å². The SMILES string of the molecule is CC(OC(=O)/C=C/c1cn(C)c(=O)n(C)c1=O)C(=O)NCCc1ccccc1. The molecule has 1 aromatic carbocycles. The summed E-state index contributed by atoms with van der Waals surface area (Å²) in [6.45, 7) is 1.89. The van der Waals surface area contributed by atoms with Gasteiger partial charge in [-0.15, -0.1) is 0 Å². The lowest BCUT2D eigenvalue weighted by atomic mass is 10.1. The zero-order valence-corrected chi connectivity index (χ0v) is 16.0. The molecule has 0 aliphatic heterocycles. The molecule has 2 rings (SSSR count). The first-order valence-electron chi connectivity index (χ1n) is 8.76. The maximum Gasteiger partial charge on any atom is 0.331 e. The minimum Gasteiger partial charge on any atom is -0.449 e. The molecule has 1 heterocycles. The molecule has 1 atom stereocenters. The minimum atomic E-state index is -0.976. The fourth-order valence-corrected chi connectivity index (χ4v) is 2.49. The van der Waals surface area contributed by atoms with Crippen molar-refractivity contribution >= 4 is 18.0 Å². The van der Waals surface area contributed by atoms with E-state index in [1.807, 2.05) is 30.3 Å². The molecule has 0 radical (unpaired) electrons. The van der Waals surface area contributed by atoms with Gasteiger partial charge in [0.15, 0.2) is 6.10 Å². The first-order valence-corrected chi connectivity index (χ1v) is 8.76. The van der Waals surface area contributed by atoms with Crippen molar-refractivity contribution in [3.05, 3.63) is 74.6 Å². The number of ether oxygens (including phenoxy) is 1. The first kappa shape index (κ1) is 20.9. The van der Waals surface area contributed by atoms with Crippen LogP contribution in [0.3, 0.4) is 0 Å². The molecule has 28 heavy (non-hydrogen) atoms. The van der Waals surface area contributed by atoms with Crippen molar-refractivity contribution in [2.75, 3.05) is 6.54 Å². The molecule has 1 aromatic heterocycles. The van der Waals surface area contributed by atoms with Crippen LogP contribution in [0.2, 0.25) is 0 Å². The fraction of sp³-hybridized carbons (Fsp3) is 0.300. The Labute approximate surface area is 162 Å². The lowest BCUT2D eigenvalue weighted by Crippen LogP contribution is -2.37.